The van der Waals surface area contributed by atoms with Crippen LogP contribution in [0.1, 0.15) is 22.3 Å². The predicted octanol–water partition coefficient (Wildman–Crippen LogP) is 7.96. The molecule has 28 heavy (non-hydrogen) atoms. The van der Waals surface area contributed by atoms with Crippen molar-refractivity contribution in [1.29, 1.82) is 0 Å². The summed E-state index contributed by atoms with van der Waals surface area (Å²) in [4.78, 5) is 0. The topological polar surface area (TPSA) is 0 Å². The molecule has 0 saturated heterocycles. The molecule has 4 aromatic rings. The molecule has 0 N–H and O–H groups in total. The molecule has 4 aromatic carbocycles. The SMILES string of the molecule is Clc1ccc2c(c1)-c1ccccc1C2=C1c2ccccc2-c2cc(Cl)ccc21. The fourth-order valence-corrected chi connectivity index (χ4v) is 4.96. The van der Waals surface area contributed by atoms with Crippen LogP contribution in [0.4, 0.5) is 0 Å². The molecule has 0 radical (unpaired) electrons. The van der Waals surface area contributed by atoms with Crippen LogP contribution in [0.5, 0.6) is 0 Å². The summed E-state index contributed by atoms with van der Waals surface area (Å²) in [6.45, 7) is 0. The van der Waals surface area contributed by atoms with Crippen molar-refractivity contribution in [2.45, 2.75) is 0 Å². The Labute approximate surface area is 173 Å². The first-order valence-corrected chi connectivity index (χ1v) is 10.0. The van der Waals surface area contributed by atoms with Crippen molar-refractivity contribution >= 4 is 34.3 Å². The van der Waals surface area contributed by atoms with Crippen molar-refractivity contribution in [3.05, 3.63) is 117 Å². The molecule has 0 saturated carbocycles. The molecule has 0 nitrogen and oxygen atoms in total. The number of rotatable bonds is 0. The Hall–Kier alpha value is -2.80. The van der Waals surface area contributed by atoms with Crippen molar-refractivity contribution in [3.8, 4) is 22.3 Å². The monoisotopic (exact) mass is 396 g/mol. The molecule has 0 unspecified atom stereocenters. The van der Waals surface area contributed by atoms with Crippen LogP contribution in [0.25, 0.3) is 33.4 Å². The summed E-state index contributed by atoms with van der Waals surface area (Å²) in [5.74, 6) is 0. The lowest BCUT2D eigenvalue weighted by Gasteiger charge is -2.11. The van der Waals surface area contributed by atoms with Gasteiger partial charge in [0, 0.05) is 10.0 Å². The van der Waals surface area contributed by atoms with E-state index in [1.165, 1.54) is 55.7 Å². The first-order valence-electron chi connectivity index (χ1n) is 9.26. The second-order valence-corrected chi connectivity index (χ2v) is 8.09. The van der Waals surface area contributed by atoms with E-state index in [1.54, 1.807) is 0 Å². The van der Waals surface area contributed by atoms with Crippen molar-refractivity contribution in [2.75, 3.05) is 0 Å². The number of hydrogen-bond donors (Lipinski definition) is 0. The van der Waals surface area contributed by atoms with E-state index in [4.69, 9.17) is 23.2 Å². The van der Waals surface area contributed by atoms with Gasteiger partial charge in [-0.1, -0.05) is 83.9 Å². The van der Waals surface area contributed by atoms with Gasteiger partial charge in [0.05, 0.1) is 0 Å². The Bertz CT molecular complexity index is 1230. The zero-order valence-corrected chi connectivity index (χ0v) is 16.4. The molecular weight excluding hydrogens is 383 g/mol. The zero-order chi connectivity index (χ0) is 18.8. The van der Waals surface area contributed by atoms with E-state index in [1.807, 2.05) is 12.1 Å². The average molecular weight is 397 g/mol. The molecular formula is C26H14Cl2. The largest absolute Gasteiger partial charge is 0.0843 e. The number of benzene rings is 4. The van der Waals surface area contributed by atoms with Crippen LogP contribution in [0.3, 0.4) is 0 Å². The Morgan fingerprint density at radius 2 is 0.714 bits per heavy atom. The van der Waals surface area contributed by atoms with Gasteiger partial charge in [0.1, 0.15) is 0 Å². The van der Waals surface area contributed by atoms with E-state index in [2.05, 4.69) is 72.8 Å². The zero-order valence-electron chi connectivity index (χ0n) is 14.8. The Kier molecular flexibility index (Phi) is 3.38. The van der Waals surface area contributed by atoms with Gasteiger partial charge in [-0.05, 0) is 79.9 Å². The summed E-state index contributed by atoms with van der Waals surface area (Å²) in [6.07, 6.45) is 0. The molecule has 2 aliphatic rings. The van der Waals surface area contributed by atoms with Gasteiger partial charge in [0.2, 0.25) is 0 Å². The van der Waals surface area contributed by atoms with Gasteiger partial charge in [0.15, 0.2) is 0 Å². The predicted molar refractivity (Wildman–Crippen MR) is 119 cm³/mol. The van der Waals surface area contributed by atoms with Crippen LogP contribution in [-0.4, -0.2) is 0 Å². The van der Waals surface area contributed by atoms with Crippen LogP contribution < -0.4 is 0 Å². The molecule has 6 rings (SSSR count). The summed E-state index contributed by atoms with van der Waals surface area (Å²) in [5.41, 5.74) is 12.4. The van der Waals surface area contributed by atoms with Crippen molar-refractivity contribution in [2.24, 2.45) is 0 Å². The van der Waals surface area contributed by atoms with E-state index in [0.29, 0.717) is 0 Å². The second kappa shape index (κ2) is 5.85. The molecule has 0 amide bonds. The third-order valence-electron chi connectivity index (χ3n) is 5.73. The molecule has 2 aliphatic carbocycles. The summed E-state index contributed by atoms with van der Waals surface area (Å²) < 4.78 is 0. The van der Waals surface area contributed by atoms with Crippen LogP contribution in [0.15, 0.2) is 84.9 Å². The van der Waals surface area contributed by atoms with Gasteiger partial charge in [-0.3, -0.25) is 0 Å². The van der Waals surface area contributed by atoms with Gasteiger partial charge < -0.3 is 0 Å². The van der Waals surface area contributed by atoms with Crippen LogP contribution in [0, 0.1) is 0 Å². The molecule has 0 bridgehead atoms. The van der Waals surface area contributed by atoms with Crippen molar-refractivity contribution in [1.82, 2.24) is 0 Å². The quantitative estimate of drug-likeness (QED) is 0.244. The molecule has 0 aromatic heterocycles. The third-order valence-corrected chi connectivity index (χ3v) is 6.20. The first kappa shape index (κ1) is 16.2. The minimum absolute atomic E-state index is 0.763. The highest BCUT2D eigenvalue weighted by atomic mass is 35.5. The number of hydrogen-bond acceptors (Lipinski definition) is 0. The smallest absolute Gasteiger partial charge is 0.0412 e. The maximum atomic E-state index is 6.35. The van der Waals surface area contributed by atoms with E-state index in [0.717, 1.165) is 10.0 Å². The third kappa shape index (κ3) is 2.13. The van der Waals surface area contributed by atoms with Crippen LogP contribution >= 0.6 is 23.2 Å². The summed E-state index contributed by atoms with van der Waals surface area (Å²) >= 11 is 12.7. The van der Waals surface area contributed by atoms with Gasteiger partial charge >= 0.3 is 0 Å². The first-order chi connectivity index (χ1) is 13.7. The van der Waals surface area contributed by atoms with Gasteiger partial charge in [-0.15, -0.1) is 0 Å². The molecule has 2 heteroatoms. The van der Waals surface area contributed by atoms with E-state index in [9.17, 15) is 0 Å². The van der Waals surface area contributed by atoms with Crippen molar-refractivity contribution in [3.63, 3.8) is 0 Å². The van der Waals surface area contributed by atoms with E-state index >= 15 is 0 Å². The maximum absolute atomic E-state index is 6.35. The summed E-state index contributed by atoms with van der Waals surface area (Å²) in [5, 5.41) is 1.53. The molecule has 0 spiro atoms. The van der Waals surface area contributed by atoms with E-state index < -0.39 is 0 Å². The Balaban J connectivity index is 1.80. The fraction of sp³-hybridized carbons (Fsp3) is 0. The molecule has 132 valence electrons. The lowest BCUT2D eigenvalue weighted by molar-refractivity contribution is 1.62. The molecule has 0 atom stereocenters. The Morgan fingerprint density at radius 3 is 1.14 bits per heavy atom. The number of fused-ring (bicyclic) bond motifs is 6. The minimum Gasteiger partial charge on any atom is -0.0843 e. The standard InChI is InChI=1S/C26H14Cl2/c27-15-9-11-21-23(13-15)17-5-1-3-7-19(17)25(21)26-20-8-4-2-6-18(20)24-14-16(28)10-12-22(24)26/h1-14H. The molecule has 0 aliphatic heterocycles. The molecule has 0 fully saturated rings. The second-order valence-electron chi connectivity index (χ2n) is 7.22. The van der Waals surface area contributed by atoms with Gasteiger partial charge in [0.25, 0.3) is 0 Å². The summed E-state index contributed by atoms with van der Waals surface area (Å²) in [6, 6.07) is 29.6. The highest BCUT2D eigenvalue weighted by molar-refractivity contribution is 6.32. The Morgan fingerprint density at radius 1 is 0.357 bits per heavy atom. The summed E-state index contributed by atoms with van der Waals surface area (Å²) in [7, 11) is 0. The normalized spacial score (nSPS) is 15.8. The molecule has 0 heterocycles. The average Bonchev–Trinajstić information content (AvgIpc) is 3.20. The van der Waals surface area contributed by atoms with Crippen LogP contribution in [-0.2, 0) is 0 Å². The minimum atomic E-state index is 0.763. The highest BCUT2D eigenvalue weighted by Gasteiger charge is 2.32. The highest BCUT2D eigenvalue weighted by Crippen LogP contribution is 2.54. The number of halogens is 2. The maximum Gasteiger partial charge on any atom is 0.0412 e. The van der Waals surface area contributed by atoms with Gasteiger partial charge in [-0.25, -0.2) is 0 Å². The fourth-order valence-electron chi connectivity index (χ4n) is 4.62. The van der Waals surface area contributed by atoms with Crippen molar-refractivity contribution < 1.29 is 0 Å². The van der Waals surface area contributed by atoms with Gasteiger partial charge in [-0.2, -0.15) is 0 Å². The van der Waals surface area contributed by atoms with Crippen LogP contribution in [0.2, 0.25) is 10.0 Å². The van der Waals surface area contributed by atoms with E-state index in [-0.39, 0.29) is 0 Å². The lowest BCUT2D eigenvalue weighted by atomic mass is 9.92. The lowest BCUT2D eigenvalue weighted by Crippen LogP contribution is -1.90.